The van der Waals surface area contributed by atoms with E-state index in [1.165, 1.54) is 37.0 Å². The van der Waals surface area contributed by atoms with Crippen molar-refractivity contribution in [3.8, 4) is 0 Å². The zero-order valence-electron chi connectivity index (χ0n) is 15.2. The van der Waals surface area contributed by atoms with Crippen LogP contribution in [-0.2, 0) is 13.5 Å². The second-order valence-corrected chi connectivity index (χ2v) is 12.3. The molecule has 0 radical (unpaired) electrons. The summed E-state index contributed by atoms with van der Waals surface area (Å²) in [5.74, 6) is 0. The van der Waals surface area contributed by atoms with Crippen LogP contribution in [0.25, 0.3) is 0 Å². The quantitative estimate of drug-likeness (QED) is 0.353. The van der Waals surface area contributed by atoms with Crippen LogP contribution in [0.1, 0.15) is 41.5 Å². The van der Waals surface area contributed by atoms with Crippen LogP contribution < -0.4 is 4.53 Å². The fourth-order valence-electron chi connectivity index (χ4n) is 1.78. The van der Waals surface area contributed by atoms with Gasteiger partial charge < -0.3 is 0 Å². The Labute approximate surface area is 152 Å². The fraction of sp³-hybridized carbons (Fsp3) is 0.667. The van der Waals surface area contributed by atoms with Crippen molar-refractivity contribution >= 4 is 30.6 Å². The van der Waals surface area contributed by atoms with Crippen LogP contribution in [0, 0.1) is 0 Å². The molecule has 1 rings (SSSR count). The van der Waals surface area contributed by atoms with Gasteiger partial charge in [0.05, 0.1) is 0 Å². The Kier molecular flexibility index (Phi) is 22.7. The molecule has 0 aliphatic rings. The Morgan fingerprint density at radius 1 is 0.682 bits per heavy atom. The van der Waals surface area contributed by atoms with Gasteiger partial charge in [-0.05, 0) is 37.0 Å². The van der Waals surface area contributed by atoms with Gasteiger partial charge in [-0.15, -0.1) is 15.8 Å². The summed E-state index contributed by atoms with van der Waals surface area (Å²) >= 11 is 1.08. The standard InChI is InChI=1S/2C6H15P.C6H5.ClH.Ni/c2*1-4-7(5-2)6-3;1-2-4-6-5-3-1;;/h2*4-6H2,1-3H3;1-5H;1H;/q;;;;+1/p-1. The first-order chi connectivity index (χ1) is 10.6. The van der Waals surface area contributed by atoms with Crippen LogP contribution in [0.3, 0.4) is 0 Å². The molecule has 22 heavy (non-hydrogen) atoms. The van der Waals surface area contributed by atoms with E-state index >= 15 is 0 Å². The Hall–Kier alpha value is 0.864. The van der Waals surface area contributed by atoms with Crippen molar-refractivity contribution < 1.29 is 13.5 Å². The zero-order chi connectivity index (χ0) is 17.2. The van der Waals surface area contributed by atoms with E-state index < -0.39 is 0 Å². The van der Waals surface area contributed by atoms with Crippen LogP contribution in [0.2, 0.25) is 0 Å². The van der Waals surface area contributed by atoms with Crippen molar-refractivity contribution in [3.05, 3.63) is 30.3 Å². The summed E-state index contributed by atoms with van der Waals surface area (Å²) in [5.41, 5.74) is 0. The minimum absolute atomic E-state index is 0.446. The fourth-order valence-corrected chi connectivity index (χ4v) is 5.11. The van der Waals surface area contributed by atoms with Gasteiger partial charge in [0.25, 0.3) is 0 Å². The number of hydrogen-bond donors (Lipinski definition) is 0. The number of benzene rings is 1. The van der Waals surface area contributed by atoms with Crippen molar-refractivity contribution in [1.82, 2.24) is 0 Å². The van der Waals surface area contributed by atoms with E-state index in [0.717, 1.165) is 18.1 Å². The topological polar surface area (TPSA) is 0 Å². The van der Waals surface area contributed by atoms with Gasteiger partial charge in [0.1, 0.15) is 0 Å². The molecule has 0 N–H and O–H groups in total. The molecule has 0 nitrogen and oxygen atoms in total. The van der Waals surface area contributed by atoms with Crippen molar-refractivity contribution in [2.45, 2.75) is 41.5 Å². The van der Waals surface area contributed by atoms with E-state index in [4.69, 9.17) is 10.2 Å². The van der Waals surface area contributed by atoms with E-state index in [1.54, 1.807) is 0 Å². The van der Waals surface area contributed by atoms with Crippen LogP contribution in [0.4, 0.5) is 0 Å². The molecule has 134 valence electrons. The second kappa shape index (κ2) is 19.9. The first-order valence-corrected chi connectivity index (χ1v) is 14.0. The molecule has 1 aromatic carbocycles. The average molecular weight is 408 g/mol. The van der Waals surface area contributed by atoms with Crippen LogP contribution in [0.5, 0.6) is 0 Å². The van der Waals surface area contributed by atoms with Gasteiger partial charge in [0.2, 0.25) is 0 Å². The summed E-state index contributed by atoms with van der Waals surface area (Å²) in [4.78, 5) is 0. The van der Waals surface area contributed by atoms with Crippen molar-refractivity contribution in [2.24, 2.45) is 0 Å². The van der Waals surface area contributed by atoms with Crippen molar-refractivity contribution in [2.75, 3.05) is 37.0 Å². The van der Waals surface area contributed by atoms with Crippen LogP contribution >= 0.6 is 26.0 Å². The van der Waals surface area contributed by atoms with Crippen molar-refractivity contribution in [3.63, 3.8) is 0 Å². The molecule has 0 atom stereocenters. The monoisotopic (exact) mass is 406 g/mol. The first kappa shape index (κ1) is 25.1. The van der Waals surface area contributed by atoms with E-state index in [1.807, 2.05) is 30.3 Å². The number of hydrogen-bond acceptors (Lipinski definition) is 0. The Balaban J connectivity index is 0. The minimum atomic E-state index is 0.446. The summed E-state index contributed by atoms with van der Waals surface area (Å²) in [6.45, 7) is 13.7. The van der Waals surface area contributed by atoms with Gasteiger partial charge in [-0.2, -0.15) is 0 Å². The SMILES string of the molecule is CCP(CC)CC.CCP(CC)CC.[Cl][Ni][c]1ccccc1. The summed E-state index contributed by atoms with van der Waals surface area (Å²) in [6.07, 6.45) is 8.51. The molecular weight excluding hydrogens is 372 g/mol. The molecule has 1 aromatic rings. The molecule has 0 aromatic heterocycles. The van der Waals surface area contributed by atoms with Crippen LogP contribution in [-0.4, -0.2) is 37.0 Å². The predicted molar refractivity (Wildman–Crippen MR) is 109 cm³/mol. The molecule has 0 amide bonds. The van der Waals surface area contributed by atoms with E-state index in [9.17, 15) is 0 Å². The third-order valence-corrected chi connectivity index (χ3v) is 9.95. The molecule has 0 bridgehead atoms. The molecule has 0 fully saturated rings. The number of rotatable bonds is 7. The summed E-state index contributed by atoms with van der Waals surface area (Å²) in [6, 6.07) is 9.87. The molecular formula is C18H35ClNiP2. The maximum absolute atomic E-state index is 5.46. The summed E-state index contributed by atoms with van der Waals surface area (Å²) < 4.78 is 1.11. The summed E-state index contributed by atoms with van der Waals surface area (Å²) in [7, 11) is 6.36. The molecule has 0 saturated carbocycles. The van der Waals surface area contributed by atoms with E-state index in [2.05, 4.69) is 41.5 Å². The molecule has 0 aliphatic carbocycles. The van der Waals surface area contributed by atoms with E-state index in [-0.39, 0.29) is 0 Å². The Bertz CT molecular complexity index is 278. The Morgan fingerprint density at radius 3 is 1.14 bits per heavy atom. The van der Waals surface area contributed by atoms with Gasteiger partial charge >= 0.3 is 58.6 Å². The average Bonchev–Trinajstić information content (AvgIpc) is 2.60. The molecule has 0 spiro atoms. The summed E-state index contributed by atoms with van der Waals surface area (Å²) in [5, 5.41) is 0. The predicted octanol–water partition coefficient (Wildman–Crippen LogP) is 6.60. The van der Waals surface area contributed by atoms with Gasteiger partial charge in [0, 0.05) is 0 Å². The van der Waals surface area contributed by atoms with Gasteiger partial charge in [-0.25, -0.2) is 0 Å². The Morgan fingerprint density at radius 2 is 1.00 bits per heavy atom. The molecule has 0 aliphatic heterocycles. The molecule has 0 unspecified atom stereocenters. The second-order valence-electron chi connectivity index (χ2n) is 4.56. The van der Waals surface area contributed by atoms with Crippen molar-refractivity contribution in [1.29, 1.82) is 0 Å². The van der Waals surface area contributed by atoms with Gasteiger partial charge in [-0.3, -0.25) is 0 Å². The first-order valence-electron chi connectivity index (χ1n) is 8.33. The van der Waals surface area contributed by atoms with E-state index in [0.29, 0.717) is 15.8 Å². The molecule has 4 heteroatoms. The molecule has 0 heterocycles. The normalized spacial score (nSPS) is 10.0. The third kappa shape index (κ3) is 15.7. The van der Waals surface area contributed by atoms with Gasteiger partial charge in [0.15, 0.2) is 0 Å². The molecule has 0 saturated heterocycles. The van der Waals surface area contributed by atoms with Crippen LogP contribution in [0.15, 0.2) is 30.3 Å². The van der Waals surface area contributed by atoms with Gasteiger partial charge in [-0.1, -0.05) is 41.5 Å². The maximum atomic E-state index is 5.46. The zero-order valence-corrected chi connectivity index (χ0v) is 18.8. The third-order valence-electron chi connectivity index (χ3n) is 3.46. The number of halogens is 1.